The van der Waals surface area contributed by atoms with E-state index in [1.54, 1.807) is 18.5 Å². The zero-order valence-electron chi connectivity index (χ0n) is 23.7. The fraction of sp³-hybridized carbons (Fsp3) is 0.273. The van der Waals surface area contributed by atoms with Crippen molar-refractivity contribution in [2.45, 2.75) is 54.6 Å². The molecule has 1 fully saturated rings. The molecular formula is C33H28F3N3O4S. The summed E-state index contributed by atoms with van der Waals surface area (Å²) in [4.78, 5) is 22.2. The van der Waals surface area contributed by atoms with Crippen LogP contribution in [-0.4, -0.2) is 37.9 Å². The second-order valence-corrected chi connectivity index (χ2v) is 12.7. The largest absolute Gasteiger partial charge is 0.493 e. The molecule has 2 aliphatic rings. The summed E-state index contributed by atoms with van der Waals surface area (Å²) in [6, 6.07) is 11.4. The summed E-state index contributed by atoms with van der Waals surface area (Å²) in [7, 11) is 0. The standard InChI is InChI=1S/C33H28F3N3O4S/c1-33(12-14-42-29-17(5-10-25(40)41)3-2-4-22(29)33)24-16-38-32(39-24)21-15-18(6-9-23(21)34)43-30-27(36)26(35)28-20(11-13-37-28)31(30)44-19-7-8-19/h2-4,6,9,11,13,15-16,19,37H,5,7-8,10,12,14H2,1H3,(H,38,39)(H,40,41)/t33-/m1/s1. The molecule has 0 amide bonds. The number of imidazole rings is 1. The zero-order valence-corrected chi connectivity index (χ0v) is 24.5. The molecule has 7 rings (SSSR count). The molecule has 1 atom stereocenters. The van der Waals surface area contributed by atoms with Gasteiger partial charge in [0.15, 0.2) is 11.6 Å². The van der Waals surface area contributed by atoms with Crippen molar-refractivity contribution in [1.82, 2.24) is 15.0 Å². The number of rotatable bonds is 9. The highest BCUT2D eigenvalue weighted by molar-refractivity contribution is 8.00. The Morgan fingerprint density at radius 3 is 2.82 bits per heavy atom. The van der Waals surface area contributed by atoms with E-state index in [1.165, 1.54) is 30.0 Å². The van der Waals surface area contributed by atoms with Crippen molar-refractivity contribution in [3.8, 4) is 28.6 Å². The van der Waals surface area contributed by atoms with E-state index in [1.807, 2.05) is 25.1 Å². The number of fused-ring (bicyclic) bond motifs is 2. The molecule has 7 nitrogen and oxygen atoms in total. The Kier molecular flexibility index (Phi) is 7.07. The van der Waals surface area contributed by atoms with Gasteiger partial charge < -0.3 is 24.5 Å². The number of thioether (sulfide) groups is 1. The Hall–Kier alpha value is -4.38. The Bertz CT molecular complexity index is 1920. The number of para-hydroxylation sites is 1. The number of hydrogen-bond acceptors (Lipinski definition) is 5. The van der Waals surface area contributed by atoms with Crippen molar-refractivity contribution < 1.29 is 32.5 Å². The van der Waals surface area contributed by atoms with Crippen molar-refractivity contribution in [3.05, 3.63) is 89.1 Å². The quantitative estimate of drug-likeness (QED) is 0.154. The molecule has 1 aliphatic carbocycles. The van der Waals surface area contributed by atoms with Gasteiger partial charge in [0.2, 0.25) is 5.82 Å². The molecule has 0 bridgehead atoms. The summed E-state index contributed by atoms with van der Waals surface area (Å²) in [5.74, 6) is -2.77. The van der Waals surface area contributed by atoms with Gasteiger partial charge in [-0.25, -0.2) is 13.8 Å². The van der Waals surface area contributed by atoms with E-state index in [2.05, 4.69) is 15.0 Å². The van der Waals surface area contributed by atoms with E-state index in [0.29, 0.717) is 40.7 Å². The highest BCUT2D eigenvalue weighted by Crippen LogP contribution is 2.49. The molecule has 226 valence electrons. The number of carboxylic acids is 1. The minimum atomic E-state index is -1.11. The molecule has 44 heavy (non-hydrogen) atoms. The van der Waals surface area contributed by atoms with Gasteiger partial charge in [-0.2, -0.15) is 4.39 Å². The van der Waals surface area contributed by atoms with E-state index < -0.39 is 28.8 Å². The average molecular weight is 620 g/mol. The van der Waals surface area contributed by atoms with Gasteiger partial charge in [0.05, 0.1) is 22.6 Å². The van der Waals surface area contributed by atoms with Gasteiger partial charge in [0.1, 0.15) is 23.1 Å². The lowest BCUT2D eigenvalue weighted by atomic mass is 9.74. The molecule has 3 N–H and O–H groups in total. The first-order valence-electron chi connectivity index (χ1n) is 14.4. The Morgan fingerprint density at radius 2 is 2.02 bits per heavy atom. The number of hydrogen-bond donors (Lipinski definition) is 3. The van der Waals surface area contributed by atoms with Gasteiger partial charge in [-0.1, -0.05) is 18.2 Å². The fourth-order valence-electron chi connectivity index (χ4n) is 5.74. The predicted octanol–water partition coefficient (Wildman–Crippen LogP) is 8.13. The molecule has 0 saturated heterocycles. The van der Waals surface area contributed by atoms with E-state index in [-0.39, 0.29) is 34.8 Å². The SMILES string of the molecule is C[C@@]1(c2cnc(-c3cc(Oc4c(F)c(F)c5[nH]ccc5c4SC4CC4)ccc3F)[nH]2)CCOc2c(CCC(=O)O)cccc21. The van der Waals surface area contributed by atoms with Crippen LogP contribution in [0.1, 0.15) is 49.4 Å². The van der Waals surface area contributed by atoms with Gasteiger partial charge in [-0.3, -0.25) is 4.79 Å². The minimum Gasteiger partial charge on any atom is -0.493 e. The van der Waals surface area contributed by atoms with Crippen LogP contribution in [0.4, 0.5) is 13.2 Å². The van der Waals surface area contributed by atoms with Crippen LogP contribution >= 0.6 is 11.8 Å². The van der Waals surface area contributed by atoms with Crippen molar-refractivity contribution in [3.63, 3.8) is 0 Å². The first kappa shape index (κ1) is 28.4. The van der Waals surface area contributed by atoms with Crippen molar-refractivity contribution in [1.29, 1.82) is 0 Å². The van der Waals surface area contributed by atoms with Crippen molar-refractivity contribution in [2.24, 2.45) is 0 Å². The Balaban J connectivity index is 1.23. The number of carbonyl (C=O) groups is 1. The number of aromatic amines is 2. The molecule has 0 unspecified atom stereocenters. The normalized spacial score (nSPS) is 17.8. The smallest absolute Gasteiger partial charge is 0.303 e. The summed E-state index contributed by atoms with van der Waals surface area (Å²) in [5.41, 5.74) is 2.06. The maximum absolute atomic E-state index is 15.4. The van der Waals surface area contributed by atoms with Gasteiger partial charge in [-0.05, 0) is 62.4 Å². The van der Waals surface area contributed by atoms with E-state index in [0.717, 1.165) is 29.7 Å². The Morgan fingerprint density at radius 1 is 1.18 bits per heavy atom. The maximum atomic E-state index is 15.4. The summed E-state index contributed by atoms with van der Waals surface area (Å²) in [6.07, 6.45) is 6.12. The van der Waals surface area contributed by atoms with Crippen molar-refractivity contribution in [2.75, 3.05) is 6.61 Å². The zero-order chi connectivity index (χ0) is 30.6. The number of carboxylic acid groups (broad SMARTS) is 1. The van der Waals surface area contributed by atoms with Crippen LogP contribution in [0.25, 0.3) is 22.3 Å². The summed E-state index contributed by atoms with van der Waals surface area (Å²) in [5, 5.41) is 10.0. The van der Waals surface area contributed by atoms with Crippen LogP contribution in [0, 0.1) is 17.5 Å². The molecule has 0 radical (unpaired) electrons. The lowest BCUT2D eigenvalue weighted by molar-refractivity contribution is -0.136. The van der Waals surface area contributed by atoms with E-state index in [4.69, 9.17) is 9.47 Å². The highest BCUT2D eigenvalue weighted by Gasteiger charge is 2.38. The molecule has 11 heteroatoms. The maximum Gasteiger partial charge on any atom is 0.303 e. The molecule has 3 heterocycles. The molecular weight excluding hydrogens is 591 g/mol. The predicted molar refractivity (Wildman–Crippen MR) is 160 cm³/mol. The summed E-state index contributed by atoms with van der Waals surface area (Å²) < 4.78 is 57.5. The highest BCUT2D eigenvalue weighted by atomic mass is 32.2. The number of aryl methyl sites for hydroxylation is 1. The first-order chi connectivity index (χ1) is 21.2. The van der Waals surface area contributed by atoms with Crippen LogP contribution in [-0.2, 0) is 16.6 Å². The van der Waals surface area contributed by atoms with Crippen LogP contribution in [0.5, 0.6) is 17.2 Å². The molecule has 5 aromatic rings. The van der Waals surface area contributed by atoms with Gasteiger partial charge in [0, 0.05) is 46.1 Å². The van der Waals surface area contributed by atoms with Gasteiger partial charge in [0.25, 0.3) is 0 Å². The number of aromatic nitrogens is 3. The number of H-pyrrole nitrogens is 2. The second kappa shape index (κ2) is 11.0. The van der Waals surface area contributed by atoms with Crippen molar-refractivity contribution >= 4 is 28.6 Å². The molecule has 3 aromatic carbocycles. The fourth-order valence-corrected chi connectivity index (χ4v) is 6.98. The topological polar surface area (TPSA) is 100 Å². The van der Waals surface area contributed by atoms with Crippen LogP contribution in [0.15, 0.2) is 59.8 Å². The third-order valence-electron chi connectivity index (χ3n) is 8.35. The van der Waals surface area contributed by atoms with E-state index >= 15 is 8.78 Å². The van der Waals surface area contributed by atoms with Gasteiger partial charge >= 0.3 is 5.97 Å². The average Bonchev–Trinajstić information content (AvgIpc) is 3.46. The number of aliphatic carboxylic acids is 1. The number of benzene rings is 3. The summed E-state index contributed by atoms with van der Waals surface area (Å²) in [6.45, 7) is 2.45. The van der Waals surface area contributed by atoms with E-state index in [9.17, 15) is 14.3 Å². The summed E-state index contributed by atoms with van der Waals surface area (Å²) >= 11 is 1.45. The first-order valence-corrected chi connectivity index (χ1v) is 15.3. The van der Waals surface area contributed by atoms with Crippen LogP contribution in [0.3, 0.4) is 0 Å². The monoisotopic (exact) mass is 619 g/mol. The molecule has 2 aromatic heterocycles. The third kappa shape index (κ3) is 4.98. The number of nitrogens with zero attached hydrogens (tertiary/aromatic N) is 1. The lowest BCUT2D eigenvalue weighted by Crippen LogP contribution is -2.32. The number of ether oxygens (including phenoxy) is 2. The number of halogens is 3. The Labute approximate surface area is 254 Å². The van der Waals surface area contributed by atoms with Crippen LogP contribution < -0.4 is 9.47 Å². The lowest BCUT2D eigenvalue weighted by Gasteiger charge is -2.36. The number of nitrogens with one attached hydrogen (secondary N) is 2. The third-order valence-corrected chi connectivity index (χ3v) is 9.79. The molecule has 0 spiro atoms. The second-order valence-electron chi connectivity index (χ2n) is 11.4. The van der Waals surface area contributed by atoms with Gasteiger partial charge in [-0.15, -0.1) is 11.8 Å². The minimum absolute atomic E-state index is 0.0151. The molecule has 1 saturated carbocycles. The van der Waals surface area contributed by atoms with Crippen LogP contribution in [0.2, 0.25) is 0 Å². The molecule has 1 aliphatic heterocycles.